The Hall–Kier alpha value is -3.04. The average Bonchev–Trinajstić information content (AvgIpc) is 3.28. The van der Waals surface area contributed by atoms with E-state index >= 15 is 0 Å². The second-order valence-electron chi connectivity index (χ2n) is 7.12. The molecule has 0 aliphatic carbocycles. The van der Waals surface area contributed by atoms with Gasteiger partial charge in [0.25, 0.3) is 11.1 Å². The minimum absolute atomic E-state index is 0.00131. The number of fused-ring (bicyclic) bond motifs is 2. The average molecular weight is 421 g/mol. The third-order valence-corrected chi connectivity index (χ3v) is 6.09. The number of pyridine rings is 2. The molecule has 30 heavy (non-hydrogen) atoms. The second kappa shape index (κ2) is 8.00. The molecule has 4 aromatic heterocycles. The fourth-order valence-electron chi connectivity index (χ4n) is 3.61. The van der Waals surface area contributed by atoms with Crippen LogP contribution in [0.3, 0.4) is 0 Å². The van der Waals surface area contributed by atoms with Gasteiger partial charge >= 0.3 is 0 Å². The van der Waals surface area contributed by atoms with Crippen molar-refractivity contribution < 1.29 is 4.74 Å². The van der Waals surface area contributed by atoms with Gasteiger partial charge in [-0.25, -0.2) is 15.0 Å². The van der Waals surface area contributed by atoms with E-state index < -0.39 is 0 Å². The Labute approximate surface area is 175 Å². The van der Waals surface area contributed by atoms with Crippen LogP contribution in [-0.4, -0.2) is 36.6 Å². The summed E-state index contributed by atoms with van der Waals surface area (Å²) in [5.41, 5.74) is 1.37. The predicted molar refractivity (Wildman–Crippen MR) is 114 cm³/mol. The molecule has 5 heterocycles. The van der Waals surface area contributed by atoms with E-state index in [1.54, 1.807) is 41.2 Å². The van der Waals surface area contributed by atoms with Crippen molar-refractivity contribution in [1.82, 2.24) is 23.9 Å². The maximum absolute atomic E-state index is 13.1. The number of aromatic nitrogens is 5. The van der Waals surface area contributed by atoms with E-state index in [2.05, 4.69) is 15.0 Å². The Morgan fingerprint density at radius 1 is 1.17 bits per heavy atom. The largest absolute Gasteiger partial charge is 0.376 e. The van der Waals surface area contributed by atoms with Crippen molar-refractivity contribution in [2.45, 2.75) is 36.4 Å². The Morgan fingerprint density at radius 2 is 2.10 bits per heavy atom. The van der Waals surface area contributed by atoms with E-state index in [-0.39, 0.29) is 17.2 Å². The standard InChI is InChI=1S/C21H19N5O3S/c27-18-11-14(23-17-7-1-2-9-25(17)18)13-30-21-24-19-16(6-3-8-22-19)20(28)26(21)12-15-5-4-10-29-15/h1-3,6-9,11,15H,4-5,10,12-13H2. The normalized spacial score (nSPS) is 16.5. The predicted octanol–water partition coefficient (Wildman–Crippen LogP) is 2.27. The molecule has 0 spiro atoms. The summed E-state index contributed by atoms with van der Waals surface area (Å²) in [5.74, 6) is 0.414. The van der Waals surface area contributed by atoms with Crippen molar-refractivity contribution >= 4 is 28.4 Å². The zero-order chi connectivity index (χ0) is 20.5. The van der Waals surface area contributed by atoms with E-state index in [9.17, 15) is 9.59 Å². The molecule has 8 nitrogen and oxygen atoms in total. The van der Waals surface area contributed by atoms with Gasteiger partial charge in [0, 0.05) is 30.8 Å². The molecular weight excluding hydrogens is 402 g/mol. The molecule has 0 amide bonds. The minimum Gasteiger partial charge on any atom is -0.376 e. The molecule has 1 atom stereocenters. The van der Waals surface area contributed by atoms with E-state index in [1.807, 2.05) is 6.07 Å². The fourth-order valence-corrected chi connectivity index (χ4v) is 4.50. The molecule has 0 aromatic carbocycles. The molecule has 1 aliphatic heterocycles. The summed E-state index contributed by atoms with van der Waals surface area (Å²) in [6.45, 7) is 1.17. The fraction of sp³-hybridized carbons (Fsp3) is 0.286. The summed E-state index contributed by atoms with van der Waals surface area (Å²) in [7, 11) is 0. The molecule has 0 N–H and O–H groups in total. The Kier molecular flexibility index (Phi) is 5.06. The minimum atomic E-state index is -0.138. The molecule has 152 valence electrons. The lowest BCUT2D eigenvalue weighted by atomic mass is 10.2. The van der Waals surface area contributed by atoms with Crippen LogP contribution in [0.2, 0.25) is 0 Å². The van der Waals surface area contributed by atoms with Gasteiger partial charge in [0.2, 0.25) is 0 Å². The summed E-state index contributed by atoms with van der Waals surface area (Å²) in [4.78, 5) is 38.9. The SMILES string of the molecule is O=c1c2cccnc2nc(SCc2cc(=O)n3ccccc3n2)n1CC1CCCO1. The monoisotopic (exact) mass is 421 g/mol. The number of ether oxygens (including phenoxy) is 1. The maximum Gasteiger partial charge on any atom is 0.263 e. The molecule has 1 fully saturated rings. The molecular formula is C21H19N5O3S. The first-order chi connectivity index (χ1) is 14.7. The summed E-state index contributed by atoms with van der Waals surface area (Å²) in [5, 5.41) is 1.04. The van der Waals surface area contributed by atoms with Crippen molar-refractivity contribution in [3.05, 3.63) is 75.2 Å². The first-order valence-corrected chi connectivity index (χ1v) is 10.7. The van der Waals surface area contributed by atoms with Crippen LogP contribution in [0, 0.1) is 0 Å². The molecule has 1 saturated heterocycles. The van der Waals surface area contributed by atoms with Crippen molar-refractivity contribution in [3.8, 4) is 0 Å². The summed E-state index contributed by atoms with van der Waals surface area (Å²) < 4.78 is 8.90. The van der Waals surface area contributed by atoms with Crippen LogP contribution in [-0.2, 0) is 17.0 Å². The molecule has 1 aliphatic rings. The van der Waals surface area contributed by atoms with Crippen molar-refractivity contribution in [2.75, 3.05) is 6.61 Å². The zero-order valence-corrected chi connectivity index (χ0v) is 16.9. The molecule has 1 unspecified atom stereocenters. The van der Waals surface area contributed by atoms with Crippen LogP contribution in [0.4, 0.5) is 0 Å². The highest BCUT2D eigenvalue weighted by atomic mass is 32.2. The van der Waals surface area contributed by atoms with E-state index in [0.717, 1.165) is 19.4 Å². The van der Waals surface area contributed by atoms with Gasteiger partial charge in [0.05, 0.1) is 23.7 Å². The Bertz CT molecular complexity index is 1340. The van der Waals surface area contributed by atoms with Crippen molar-refractivity contribution in [1.29, 1.82) is 0 Å². The molecule has 5 rings (SSSR count). The van der Waals surface area contributed by atoms with E-state index in [0.29, 0.717) is 39.8 Å². The third-order valence-electron chi connectivity index (χ3n) is 5.08. The molecule has 0 radical (unpaired) electrons. The number of rotatable bonds is 5. The van der Waals surface area contributed by atoms with Crippen molar-refractivity contribution in [3.63, 3.8) is 0 Å². The smallest absolute Gasteiger partial charge is 0.263 e. The van der Waals surface area contributed by atoms with Gasteiger partial charge in [0.15, 0.2) is 10.8 Å². The van der Waals surface area contributed by atoms with Gasteiger partial charge in [-0.1, -0.05) is 17.8 Å². The zero-order valence-electron chi connectivity index (χ0n) is 16.1. The topological polar surface area (TPSA) is 91.4 Å². The van der Waals surface area contributed by atoms with Crippen LogP contribution in [0.15, 0.2) is 63.5 Å². The third kappa shape index (κ3) is 3.61. The molecule has 4 aromatic rings. The highest BCUT2D eigenvalue weighted by molar-refractivity contribution is 7.98. The van der Waals surface area contributed by atoms with E-state index in [1.165, 1.54) is 22.2 Å². The van der Waals surface area contributed by atoms with Gasteiger partial charge in [-0.2, -0.15) is 0 Å². The first kappa shape index (κ1) is 19.0. The lowest BCUT2D eigenvalue weighted by Crippen LogP contribution is -2.29. The highest BCUT2D eigenvalue weighted by Gasteiger charge is 2.20. The molecule has 0 bridgehead atoms. The van der Waals surface area contributed by atoms with Gasteiger partial charge in [-0.05, 0) is 37.1 Å². The van der Waals surface area contributed by atoms with Crippen LogP contribution >= 0.6 is 11.8 Å². The first-order valence-electron chi connectivity index (χ1n) is 9.76. The molecule has 9 heteroatoms. The van der Waals surface area contributed by atoms with E-state index in [4.69, 9.17) is 4.74 Å². The number of hydrogen-bond donors (Lipinski definition) is 0. The second-order valence-corrected chi connectivity index (χ2v) is 8.07. The number of hydrogen-bond acceptors (Lipinski definition) is 7. The quantitative estimate of drug-likeness (QED) is 0.361. The lowest BCUT2D eigenvalue weighted by Gasteiger charge is -2.16. The Balaban J connectivity index is 1.51. The van der Waals surface area contributed by atoms with Crippen LogP contribution < -0.4 is 11.1 Å². The highest BCUT2D eigenvalue weighted by Crippen LogP contribution is 2.23. The van der Waals surface area contributed by atoms with Gasteiger partial charge in [-0.15, -0.1) is 0 Å². The number of thioether (sulfide) groups is 1. The van der Waals surface area contributed by atoms with Gasteiger partial charge < -0.3 is 4.74 Å². The van der Waals surface area contributed by atoms with Crippen LogP contribution in [0.25, 0.3) is 16.7 Å². The van der Waals surface area contributed by atoms with Crippen molar-refractivity contribution in [2.24, 2.45) is 0 Å². The summed E-state index contributed by atoms with van der Waals surface area (Å²) in [6.07, 6.45) is 5.23. The summed E-state index contributed by atoms with van der Waals surface area (Å²) >= 11 is 1.38. The van der Waals surface area contributed by atoms with Crippen LogP contribution in [0.5, 0.6) is 0 Å². The van der Waals surface area contributed by atoms with Crippen LogP contribution in [0.1, 0.15) is 18.5 Å². The van der Waals surface area contributed by atoms with Gasteiger partial charge in [-0.3, -0.25) is 18.6 Å². The summed E-state index contributed by atoms with van der Waals surface area (Å²) in [6, 6.07) is 10.4. The molecule has 0 saturated carbocycles. The Morgan fingerprint density at radius 3 is 2.97 bits per heavy atom. The lowest BCUT2D eigenvalue weighted by molar-refractivity contribution is 0.0937. The van der Waals surface area contributed by atoms with Gasteiger partial charge in [0.1, 0.15) is 5.65 Å². The maximum atomic E-state index is 13.1. The number of nitrogens with zero attached hydrogens (tertiary/aromatic N) is 5.